The van der Waals surface area contributed by atoms with Gasteiger partial charge in [-0.1, -0.05) is 34.1 Å². The Balaban J connectivity index is 3.17. The van der Waals surface area contributed by atoms with E-state index < -0.39 is 109 Å². The first-order valence-corrected chi connectivity index (χ1v) is 19.1. The number of aliphatic imine (C=N–C) groups is 1. The molecule has 1 rings (SSSR count). The quantitative estimate of drug-likeness (QED) is 0.0235. The normalized spacial score (nSPS) is 18.1. The predicted molar refractivity (Wildman–Crippen MR) is 206 cm³/mol. The molecule has 0 bridgehead atoms. The Labute approximate surface area is 332 Å². The number of aliphatic hydroxyl groups excluding tert-OH is 2. The van der Waals surface area contributed by atoms with Gasteiger partial charge in [-0.15, -0.1) is 0 Å². The molecule has 1 saturated heterocycles. The van der Waals surface area contributed by atoms with Crippen LogP contribution in [0.25, 0.3) is 0 Å². The Morgan fingerprint density at radius 3 is 1.91 bits per heavy atom. The molecule has 16 N–H and O–H groups in total. The number of aliphatic carboxylic acids is 1. The van der Waals surface area contributed by atoms with Gasteiger partial charge < -0.3 is 69.7 Å². The number of rotatable bonds is 25. The summed E-state index contributed by atoms with van der Waals surface area (Å²) in [7, 11) is 0. The molecule has 0 unspecified atom stereocenters. The molecular formula is C35H63N11O11. The zero-order valence-electron chi connectivity index (χ0n) is 33.4. The molecule has 0 saturated carbocycles. The van der Waals surface area contributed by atoms with Crippen LogP contribution in [0.5, 0.6) is 0 Å². The van der Waals surface area contributed by atoms with E-state index in [1.807, 2.05) is 13.8 Å². The zero-order chi connectivity index (χ0) is 43.6. The maximum Gasteiger partial charge on any atom is 0.326 e. The number of nitrogens with two attached hydrogens (primary N) is 4. The maximum atomic E-state index is 13.7. The molecule has 0 spiro atoms. The van der Waals surface area contributed by atoms with E-state index in [-0.39, 0.29) is 56.6 Å². The van der Waals surface area contributed by atoms with E-state index in [0.717, 1.165) is 6.92 Å². The molecule has 22 nitrogen and oxygen atoms in total. The minimum absolute atomic E-state index is 0.00466. The number of nitrogens with one attached hydrogen (secondary N) is 5. The van der Waals surface area contributed by atoms with Crippen LogP contribution in [0.3, 0.4) is 0 Å². The van der Waals surface area contributed by atoms with Crippen molar-refractivity contribution in [2.75, 3.05) is 19.7 Å². The number of guanidine groups is 1. The van der Waals surface area contributed by atoms with Crippen LogP contribution in [0.1, 0.15) is 86.0 Å². The van der Waals surface area contributed by atoms with E-state index in [4.69, 9.17) is 22.9 Å². The van der Waals surface area contributed by atoms with Gasteiger partial charge in [0.2, 0.25) is 41.4 Å². The predicted octanol–water partition coefficient (Wildman–Crippen LogP) is -4.40. The van der Waals surface area contributed by atoms with Crippen molar-refractivity contribution in [2.45, 2.75) is 134 Å². The molecule has 1 fully saturated rings. The Hall–Kier alpha value is -5.09. The molecule has 0 aromatic heterocycles. The Bertz CT molecular complexity index is 1440. The second kappa shape index (κ2) is 24.5. The second-order valence-electron chi connectivity index (χ2n) is 14.7. The lowest BCUT2D eigenvalue weighted by molar-refractivity contribution is -0.143. The van der Waals surface area contributed by atoms with Gasteiger partial charge in [0.25, 0.3) is 0 Å². The van der Waals surface area contributed by atoms with Gasteiger partial charge in [-0.05, 0) is 57.3 Å². The number of amides is 7. The van der Waals surface area contributed by atoms with Crippen LogP contribution >= 0.6 is 0 Å². The monoisotopic (exact) mass is 813 g/mol. The summed E-state index contributed by atoms with van der Waals surface area (Å²) in [5.74, 6) is -7.91. The average molecular weight is 814 g/mol. The third-order valence-electron chi connectivity index (χ3n) is 9.47. The first-order valence-electron chi connectivity index (χ1n) is 19.1. The minimum Gasteiger partial charge on any atom is -0.480 e. The first-order chi connectivity index (χ1) is 26.6. The summed E-state index contributed by atoms with van der Waals surface area (Å²) in [5, 5.41) is 42.0. The second-order valence-corrected chi connectivity index (χ2v) is 14.7. The number of carbonyl (C=O) groups excluding carboxylic acids is 7. The van der Waals surface area contributed by atoms with Gasteiger partial charge in [0.05, 0.1) is 18.8 Å². The molecule has 1 heterocycles. The molecule has 0 aliphatic carbocycles. The third-order valence-corrected chi connectivity index (χ3v) is 9.47. The molecular weight excluding hydrogens is 750 g/mol. The number of likely N-dealkylation sites (tertiary alicyclic amines) is 1. The number of aliphatic hydroxyl groups is 2. The summed E-state index contributed by atoms with van der Waals surface area (Å²) >= 11 is 0. The van der Waals surface area contributed by atoms with Gasteiger partial charge in [0.15, 0.2) is 5.96 Å². The fraction of sp³-hybridized carbons (Fsp3) is 0.743. The highest BCUT2D eigenvalue weighted by Crippen LogP contribution is 2.21. The number of hydrogen-bond acceptors (Lipinski definition) is 12. The molecule has 1 aliphatic rings. The highest BCUT2D eigenvalue weighted by molar-refractivity contribution is 5.97. The van der Waals surface area contributed by atoms with Gasteiger partial charge in [-0.2, -0.15) is 0 Å². The summed E-state index contributed by atoms with van der Waals surface area (Å²) in [6.07, 6.45) is -0.835. The van der Waals surface area contributed by atoms with Crippen LogP contribution in [0.4, 0.5) is 0 Å². The molecule has 1 aliphatic heterocycles. The number of nitrogens with zero attached hydrogens (tertiary/aromatic N) is 2. The van der Waals surface area contributed by atoms with Crippen molar-refractivity contribution in [3.05, 3.63) is 0 Å². The fourth-order valence-corrected chi connectivity index (χ4v) is 5.94. The van der Waals surface area contributed by atoms with Crippen molar-refractivity contribution in [3.8, 4) is 0 Å². The lowest BCUT2D eigenvalue weighted by atomic mass is 9.98. The third kappa shape index (κ3) is 16.9. The van der Waals surface area contributed by atoms with Crippen LogP contribution in [0.15, 0.2) is 4.99 Å². The smallest absolute Gasteiger partial charge is 0.326 e. The van der Waals surface area contributed by atoms with Crippen LogP contribution in [-0.4, -0.2) is 142 Å². The van der Waals surface area contributed by atoms with Gasteiger partial charge in [0, 0.05) is 19.5 Å². The number of carbonyl (C=O) groups is 8. The van der Waals surface area contributed by atoms with Crippen molar-refractivity contribution in [3.63, 3.8) is 0 Å². The molecule has 9 atom stereocenters. The molecule has 0 radical (unpaired) electrons. The fourth-order valence-electron chi connectivity index (χ4n) is 5.94. The van der Waals surface area contributed by atoms with E-state index in [1.165, 1.54) is 4.90 Å². The van der Waals surface area contributed by atoms with Crippen molar-refractivity contribution in [2.24, 2.45) is 39.8 Å². The van der Waals surface area contributed by atoms with Crippen LogP contribution in [0.2, 0.25) is 0 Å². The Kier molecular flexibility index (Phi) is 21.5. The van der Waals surface area contributed by atoms with Gasteiger partial charge in [-0.25, -0.2) is 4.79 Å². The molecule has 324 valence electrons. The van der Waals surface area contributed by atoms with E-state index in [9.17, 15) is 53.7 Å². The van der Waals surface area contributed by atoms with Crippen LogP contribution < -0.4 is 49.5 Å². The van der Waals surface area contributed by atoms with Crippen molar-refractivity contribution < 1.29 is 53.7 Å². The van der Waals surface area contributed by atoms with Gasteiger partial charge >= 0.3 is 5.97 Å². The Morgan fingerprint density at radius 2 is 1.39 bits per heavy atom. The SMILES string of the molecule is CC[C@H](C)[C@H](N)C(=O)N1CCC[C@H]1C(=O)N[C@@H](CO)C(=O)N[C@@H](CC(C)C)C(=O)N[C@@H](CCC(N)=O)C(=O)N[C@H](C(=O)N[C@@H](CCCN=C(N)N)C(=O)O)[C@@H](C)O. The van der Waals surface area contributed by atoms with Gasteiger partial charge in [0.1, 0.15) is 36.3 Å². The van der Waals surface area contributed by atoms with Crippen LogP contribution in [-0.2, 0) is 38.4 Å². The Morgan fingerprint density at radius 1 is 0.807 bits per heavy atom. The summed E-state index contributed by atoms with van der Waals surface area (Å²) in [6, 6.07) is -9.38. The van der Waals surface area contributed by atoms with E-state index in [0.29, 0.717) is 19.3 Å². The minimum atomic E-state index is -1.72. The van der Waals surface area contributed by atoms with Crippen molar-refractivity contribution >= 4 is 53.3 Å². The highest BCUT2D eigenvalue weighted by atomic mass is 16.4. The number of carboxylic acid groups (broad SMARTS) is 1. The molecule has 0 aromatic carbocycles. The highest BCUT2D eigenvalue weighted by Gasteiger charge is 2.39. The number of hydrogen-bond donors (Lipinski definition) is 12. The summed E-state index contributed by atoms with van der Waals surface area (Å²) in [5.41, 5.74) is 22.0. The topological polar surface area (TPSA) is 377 Å². The standard InChI is InChI=1S/C35H63N11O11/c1-6-18(4)26(37)33(55)46-14-8-10-24(46)31(53)44-23(16-47)30(52)43-22(15-17(2)3)29(51)41-20(11-12-25(36)49)28(50)45-27(19(5)48)32(54)42-21(34(56)57)9-7-13-40-35(38)39/h17-24,26-27,47-48H,6-16,37H2,1-5H3,(H2,36,49)(H,41,51)(H,42,54)(H,43,52)(H,44,53)(H,45,50)(H,56,57)(H4,38,39,40)/t18-,19+,20-,21-,22-,23-,24-,26-,27-/m0/s1. The summed E-state index contributed by atoms with van der Waals surface area (Å²) < 4.78 is 0. The zero-order valence-corrected chi connectivity index (χ0v) is 33.4. The molecule has 57 heavy (non-hydrogen) atoms. The summed E-state index contributed by atoms with van der Waals surface area (Å²) in [4.78, 5) is 109. The largest absolute Gasteiger partial charge is 0.480 e. The van der Waals surface area contributed by atoms with E-state index in [1.54, 1.807) is 13.8 Å². The lowest BCUT2D eigenvalue weighted by Crippen LogP contribution is -2.61. The van der Waals surface area contributed by atoms with E-state index in [2.05, 4.69) is 31.6 Å². The van der Waals surface area contributed by atoms with Gasteiger partial charge in [-0.3, -0.25) is 38.6 Å². The average Bonchev–Trinajstić information content (AvgIpc) is 3.63. The maximum absolute atomic E-state index is 13.7. The lowest BCUT2D eigenvalue weighted by Gasteiger charge is -2.30. The van der Waals surface area contributed by atoms with Crippen LogP contribution in [0, 0.1) is 11.8 Å². The first kappa shape index (κ1) is 49.9. The van der Waals surface area contributed by atoms with Crippen molar-refractivity contribution in [1.29, 1.82) is 0 Å². The van der Waals surface area contributed by atoms with E-state index >= 15 is 0 Å². The molecule has 7 amide bonds. The number of carboxylic acids is 1. The van der Waals surface area contributed by atoms with Crippen molar-refractivity contribution in [1.82, 2.24) is 31.5 Å². The molecule has 22 heteroatoms. The summed E-state index contributed by atoms with van der Waals surface area (Å²) in [6.45, 7) is 7.83. The molecule has 0 aromatic rings. The number of primary amides is 1.